The molecule has 0 aliphatic heterocycles. The third-order valence-corrected chi connectivity index (χ3v) is 4.53. The first-order valence-electron chi connectivity index (χ1n) is 5.78. The summed E-state index contributed by atoms with van der Waals surface area (Å²) in [6.07, 6.45) is 2.67. The highest BCUT2D eigenvalue weighted by molar-refractivity contribution is 9.10. The standard InChI is InChI=1S/C14H15BrN2S/c1-10(16)9-11-5-4-8-17-14(11)18-13-7-3-2-6-12(13)15/h2-8,10H,9,16H2,1H3. The second-order valence-corrected chi connectivity index (χ2v) is 6.07. The van der Waals surface area contributed by atoms with Crippen LogP contribution in [0.1, 0.15) is 12.5 Å². The van der Waals surface area contributed by atoms with Crippen LogP contribution >= 0.6 is 27.7 Å². The van der Waals surface area contributed by atoms with Crippen molar-refractivity contribution in [2.24, 2.45) is 5.73 Å². The van der Waals surface area contributed by atoms with Crippen LogP contribution < -0.4 is 5.73 Å². The van der Waals surface area contributed by atoms with Crippen molar-refractivity contribution in [1.82, 2.24) is 4.98 Å². The van der Waals surface area contributed by atoms with Gasteiger partial charge in [-0.1, -0.05) is 30.0 Å². The first-order chi connectivity index (χ1) is 8.66. The average Bonchev–Trinajstić information content (AvgIpc) is 2.34. The highest BCUT2D eigenvalue weighted by Gasteiger charge is 2.09. The normalized spacial score (nSPS) is 12.4. The summed E-state index contributed by atoms with van der Waals surface area (Å²) in [5, 5.41) is 1.03. The van der Waals surface area contributed by atoms with E-state index in [1.54, 1.807) is 11.8 Å². The lowest BCUT2D eigenvalue weighted by Crippen LogP contribution is -2.18. The molecule has 0 bridgehead atoms. The SMILES string of the molecule is CC(N)Cc1cccnc1Sc1ccccc1Br. The van der Waals surface area contributed by atoms with Crippen LogP contribution in [0.4, 0.5) is 0 Å². The Morgan fingerprint density at radius 3 is 2.78 bits per heavy atom. The number of halogens is 1. The number of rotatable bonds is 4. The molecule has 1 unspecified atom stereocenters. The number of pyridine rings is 1. The fourth-order valence-corrected chi connectivity index (χ4v) is 3.09. The van der Waals surface area contributed by atoms with Crippen molar-refractivity contribution in [3.8, 4) is 0 Å². The topological polar surface area (TPSA) is 38.9 Å². The van der Waals surface area contributed by atoms with Gasteiger partial charge in [-0.05, 0) is 53.0 Å². The molecule has 0 saturated carbocycles. The van der Waals surface area contributed by atoms with Gasteiger partial charge in [-0.15, -0.1) is 0 Å². The van der Waals surface area contributed by atoms with E-state index < -0.39 is 0 Å². The van der Waals surface area contributed by atoms with E-state index in [4.69, 9.17) is 5.73 Å². The Morgan fingerprint density at radius 2 is 2.06 bits per heavy atom. The average molecular weight is 323 g/mol. The number of benzene rings is 1. The number of hydrogen-bond acceptors (Lipinski definition) is 3. The molecule has 1 heterocycles. The van der Waals surface area contributed by atoms with E-state index >= 15 is 0 Å². The van der Waals surface area contributed by atoms with Crippen LogP contribution in [0.2, 0.25) is 0 Å². The second-order valence-electron chi connectivity index (χ2n) is 4.18. The van der Waals surface area contributed by atoms with Gasteiger partial charge in [0, 0.05) is 21.6 Å². The lowest BCUT2D eigenvalue weighted by molar-refractivity contribution is 0.722. The minimum atomic E-state index is 0.146. The summed E-state index contributed by atoms with van der Waals surface area (Å²) in [5.41, 5.74) is 7.07. The molecule has 1 atom stereocenters. The maximum atomic E-state index is 5.87. The monoisotopic (exact) mass is 322 g/mol. The molecule has 0 spiro atoms. The first kappa shape index (κ1) is 13.6. The van der Waals surface area contributed by atoms with E-state index in [0.29, 0.717) is 0 Å². The van der Waals surface area contributed by atoms with Crippen molar-refractivity contribution in [2.45, 2.75) is 29.3 Å². The molecule has 94 valence electrons. The second kappa shape index (κ2) is 6.36. The molecule has 2 nitrogen and oxygen atoms in total. The van der Waals surface area contributed by atoms with Gasteiger partial charge in [0.25, 0.3) is 0 Å². The molecule has 0 amide bonds. The lowest BCUT2D eigenvalue weighted by Gasteiger charge is -2.10. The minimum absolute atomic E-state index is 0.146. The Kier molecular flexibility index (Phi) is 4.80. The Balaban J connectivity index is 2.26. The fraction of sp³-hybridized carbons (Fsp3) is 0.214. The Morgan fingerprint density at radius 1 is 1.28 bits per heavy atom. The van der Waals surface area contributed by atoms with Gasteiger partial charge in [-0.25, -0.2) is 4.98 Å². The van der Waals surface area contributed by atoms with E-state index in [2.05, 4.69) is 33.0 Å². The molecule has 0 fully saturated rings. The van der Waals surface area contributed by atoms with Crippen LogP contribution in [0.25, 0.3) is 0 Å². The molecule has 0 saturated heterocycles. The predicted octanol–water partition coefficient (Wildman–Crippen LogP) is 3.89. The van der Waals surface area contributed by atoms with Crippen LogP contribution in [-0.2, 0) is 6.42 Å². The van der Waals surface area contributed by atoms with Crippen molar-refractivity contribution >= 4 is 27.7 Å². The number of hydrogen-bond donors (Lipinski definition) is 1. The summed E-state index contributed by atoms with van der Waals surface area (Å²) in [7, 11) is 0. The van der Waals surface area contributed by atoms with Gasteiger partial charge in [0.1, 0.15) is 5.03 Å². The fourth-order valence-electron chi connectivity index (χ4n) is 1.65. The van der Waals surface area contributed by atoms with Gasteiger partial charge in [-0.2, -0.15) is 0 Å². The van der Waals surface area contributed by atoms with Crippen LogP contribution in [-0.4, -0.2) is 11.0 Å². The molecule has 2 N–H and O–H groups in total. The summed E-state index contributed by atoms with van der Waals surface area (Å²) in [6.45, 7) is 2.01. The summed E-state index contributed by atoms with van der Waals surface area (Å²) >= 11 is 5.23. The molecular weight excluding hydrogens is 308 g/mol. The number of nitrogens with zero attached hydrogens (tertiary/aromatic N) is 1. The maximum Gasteiger partial charge on any atom is 0.104 e. The highest BCUT2D eigenvalue weighted by Crippen LogP contribution is 2.33. The van der Waals surface area contributed by atoms with E-state index in [1.165, 1.54) is 10.5 Å². The molecule has 0 aliphatic rings. The molecule has 18 heavy (non-hydrogen) atoms. The molecule has 1 aromatic carbocycles. The van der Waals surface area contributed by atoms with Gasteiger partial charge in [0.05, 0.1) is 0 Å². The van der Waals surface area contributed by atoms with E-state index in [9.17, 15) is 0 Å². The molecule has 2 aromatic rings. The zero-order chi connectivity index (χ0) is 13.0. The van der Waals surface area contributed by atoms with Crippen LogP contribution in [0.5, 0.6) is 0 Å². The summed E-state index contributed by atoms with van der Waals surface area (Å²) in [6, 6.07) is 12.4. The van der Waals surface area contributed by atoms with E-state index in [1.807, 2.05) is 37.4 Å². The van der Waals surface area contributed by atoms with Crippen molar-refractivity contribution in [3.63, 3.8) is 0 Å². The third kappa shape index (κ3) is 3.57. The van der Waals surface area contributed by atoms with Crippen LogP contribution in [0, 0.1) is 0 Å². The van der Waals surface area contributed by atoms with Crippen molar-refractivity contribution in [3.05, 3.63) is 52.6 Å². The van der Waals surface area contributed by atoms with Gasteiger partial charge >= 0.3 is 0 Å². The summed E-state index contributed by atoms with van der Waals surface area (Å²) < 4.78 is 1.09. The van der Waals surface area contributed by atoms with Crippen LogP contribution in [0.3, 0.4) is 0 Å². The van der Waals surface area contributed by atoms with E-state index in [0.717, 1.165) is 15.9 Å². The Bertz CT molecular complexity index is 529. The van der Waals surface area contributed by atoms with Gasteiger partial charge in [-0.3, -0.25) is 0 Å². The summed E-state index contributed by atoms with van der Waals surface area (Å²) in [4.78, 5) is 5.62. The third-order valence-electron chi connectivity index (χ3n) is 2.44. The summed E-state index contributed by atoms with van der Waals surface area (Å²) in [5.74, 6) is 0. The molecule has 0 aliphatic carbocycles. The predicted molar refractivity (Wildman–Crippen MR) is 79.9 cm³/mol. The van der Waals surface area contributed by atoms with Crippen LogP contribution in [0.15, 0.2) is 57.0 Å². The minimum Gasteiger partial charge on any atom is -0.328 e. The van der Waals surface area contributed by atoms with Crippen molar-refractivity contribution in [2.75, 3.05) is 0 Å². The van der Waals surface area contributed by atoms with Crippen molar-refractivity contribution in [1.29, 1.82) is 0 Å². The van der Waals surface area contributed by atoms with Gasteiger partial charge in [0.15, 0.2) is 0 Å². The van der Waals surface area contributed by atoms with Gasteiger partial charge in [0.2, 0.25) is 0 Å². The smallest absolute Gasteiger partial charge is 0.104 e. The number of nitrogens with two attached hydrogens (primary N) is 1. The molecule has 4 heteroatoms. The molecule has 2 rings (SSSR count). The molecule has 1 aromatic heterocycles. The number of aromatic nitrogens is 1. The molecule has 0 radical (unpaired) electrons. The maximum absolute atomic E-state index is 5.87. The van der Waals surface area contributed by atoms with E-state index in [-0.39, 0.29) is 6.04 Å². The largest absolute Gasteiger partial charge is 0.328 e. The Hall–Kier alpha value is -0.840. The van der Waals surface area contributed by atoms with Gasteiger partial charge < -0.3 is 5.73 Å². The zero-order valence-corrected chi connectivity index (χ0v) is 12.5. The Labute approximate surface area is 120 Å². The highest BCUT2D eigenvalue weighted by atomic mass is 79.9. The lowest BCUT2D eigenvalue weighted by atomic mass is 10.1. The van der Waals surface area contributed by atoms with Crippen molar-refractivity contribution < 1.29 is 0 Å². The first-order valence-corrected chi connectivity index (χ1v) is 7.39. The quantitative estimate of drug-likeness (QED) is 0.928. The molecular formula is C14H15BrN2S. The zero-order valence-electron chi connectivity index (χ0n) is 10.1.